The van der Waals surface area contributed by atoms with Crippen molar-refractivity contribution in [3.8, 4) is 0 Å². The SMILES string of the molecule is S=CC1CCSc2ccccc2N1. The Bertz CT molecular complexity index is 312. The fourth-order valence-corrected chi connectivity index (χ4v) is 2.63. The molecular formula is C10H11NS2. The number of nitrogens with one attached hydrogen (secondary N) is 1. The van der Waals surface area contributed by atoms with Crippen LogP contribution in [0.4, 0.5) is 5.69 Å². The van der Waals surface area contributed by atoms with Gasteiger partial charge in [-0.25, -0.2) is 0 Å². The molecule has 0 spiro atoms. The highest BCUT2D eigenvalue weighted by Gasteiger charge is 2.12. The van der Waals surface area contributed by atoms with Crippen LogP contribution in [0.1, 0.15) is 6.42 Å². The summed E-state index contributed by atoms with van der Waals surface area (Å²) in [4.78, 5) is 1.34. The lowest BCUT2D eigenvalue weighted by Crippen LogP contribution is -2.19. The van der Waals surface area contributed by atoms with E-state index < -0.39 is 0 Å². The predicted octanol–water partition coefficient (Wildman–Crippen LogP) is 2.96. The Labute approximate surface area is 87.9 Å². The number of anilines is 1. The second kappa shape index (κ2) is 4.11. The topological polar surface area (TPSA) is 12.0 Å². The van der Waals surface area contributed by atoms with Gasteiger partial charge >= 0.3 is 0 Å². The minimum absolute atomic E-state index is 0.353. The van der Waals surface area contributed by atoms with E-state index in [-0.39, 0.29) is 0 Å². The van der Waals surface area contributed by atoms with E-state index in [4.69, 9.17) is 12.2 Å². The van der Waals surface area contributed by atoms with Gasteiger partial charge in [0.1, 0.15) is 0 Å². The number of fused-ring (bicyclic) bond motifs is 1. The van der Waals surface area contributed by atoms with Gasteiger partial charge in [-0.3, -0.25) is 0 Å². The molecular weight excluding hydrogens is 198 g/mol. The summed E-state index contributed by atoms with van der Waals surface area (Å²) >= 11 is 6.86. The molecule has 1 nitrogen and oxygen atoms in total. The summed E-state index contributed by atoms with van der Waals surface area (Å²) < 4.78 is 0. The van der Waals surface area contributed by atoms with Crippen LogP contribution < -0.4 is 5.32 Å². The average Bonchev–Trinajstić information content (AvgIpc) is 2.38. The van der Waals surface area contributed by atoms with Crippen molar-refractivity contribution in [3.63, 3.8) is 0 Å². The number of para-hydroxylation sites is 1. The highest BCUT2D eigenvalue weighted by Crippen LogP contribution is 2.31. The molecule has 1 atom stereocenters. The molecule has 0 aliphatic carbocycles. The van der Waals surface area contributed by atoms with Gasteiger partial charge in [-0.2, -0.15) is 0 Å². The molecule has 3 heteroatoms. The largest absolute Gasteiger partial charge is 0.377 e. The Kier molecular flexibility index (Phi) is 2.86. The molecule has 0 bridgehead atoms. The van der Waals surface area contributed by atoms with Crippen LogP contribution in [-0.4, -0.2) is 17.2 Å². The van der Waals surface area contributed by atoms with Gasteiger partial charge in [0.05, 0.1) is 6.04 Å². The Morgan fingerprint density at radius 3 is 3.15 bits per heavy atom. The molecule has 1 N–H and O–H groups in total. The zero-order valence-corrected chi connectivity index (χ0v) is 8.83. The van der Waals surface area contributed by atoms with Crippen molar-refractivity contribution in [2.24, 2.45) is 0 Å². The third-order valence-corrected chi connectivity index (χ3v) is 3.51. The van der Waals surface area contributed by atoms with Gasteiger partial charge in [-0.05, 0) is 18.6 Å². The molecule has 1 aromatic rings. The maximum Gasteiger partial charge on any atom is 0.0555 e. The second-order valence-corrected chi connectivity index (χ2v) is 4.43. The Morgan fingerprint density at radius 1 is 1.46 bits per heavy atom. The van der Waals surface area contributed by atoms with Gasteiger partial charge in [0.25, 0.3) is 0 Å². The first-order valence-electron chi connectivity index (χ1n) is 4.34. The number of benzene rings is 1. The van der Waals surface area contributed by atoms with Crippen molar-refractivity contribution in [1.82, 2.24) is 0 Å². The summed E-state index contributed by atoms with van der Waals surface area (Å²) in [5.74, 6) is 1.14. The number of hydrogen-bond donors (Lipinski definition) is 1. The second-order valence-electron chi connectivity index (χ2n) is 3.02. The molecule has 13 heavy (non-hydrogen) atoms. The third-order valence-electron chi connectivity index (χ3n) is 2.08. The van der Waals surface area contributed by atoms with E-state index in [9.17, 15) is 0 Å². The number of thiocarbonyl (C=S) groups is 1. The number of thioether (sulfide) groups is 1. The van der Waals surface area contributed by atoms with Crippen LogP contribution in [0.3, 0.4) is 0 Å². The monoisotopic (exact) mass is 209 g/mol. The highest BCUT2D eigenvalue weighted by molar-refractivity contribution is 7.99. The molecule has 0 saturated carbocycles. The first kappa shape index (κ1) is 9.03. The van der Waals surface area contributed by atoms with Gasteiger partial charge in [0.15, 0.2) is 0 Å². The van der Waals surface area contributed by atoms with E-state index in [2.05, 4.69) is 29.6 Å². The van der Waals surface area contributed by atoms with E-state index in [0.29, 0.717) is 6.04 Å². The molecule has 0 saturated heterocycles. The molecule has 1 aliphatic heterocycles. The predicted molar refractivity (Wildman–Crippen MR) is 62.8 cm³/mol. The lowest BCUT2D eigenvalue weighted by Gasteiger charge is -2.11. The van der Waals surface area contributed by atoms with Gasteiger partial charge in [-0.15, -0.1) is 11.8 Å². The van der Waals surface area contributed by atoms with E-state index in [1.807, 2.05) is 17.1 Å². The molecule has 1 unspecified atom stereocenters. The minimum atomic E-state index is 0.353. The van der Waals surface area contributed by atoms with Crippen molar-refractivity contribution in [2.45, 2.75) is 17.4 Å². The van der Waals surface area contributed by atoms with Crippen molar-refractivity contribution in [3.05, 3.63) is 24.3 Å². The molecule has 1 aromatic carbocycles. The Hall–Kier alpha value is -0.540. The summed E-state index contributed by atoms with van der Waals surface area (Å²) in [6.45, 7) is 0. The average molecular weight is 209 g/mol. The van der Waals surface area contributed by atoms with Crippen LogP contribution in [0, 0.1) is 0 Å². The molecule has 1 aliphatic rings. The van der Waals surface area contributed by atoms with Crippen molar-refractivity contribution >= 4 is 35.0 Å². The molecule has 2 rings (SSSR count). The van der Waals surface area contributed by atoms with Crippen LogP contribution in [0.2, 0.25) is 0 Å². The molecule has 0 radical (unpaired) electrons. The van der Waals surface area contributed by atoms with Gasteiger partial charge < -0.3 is 5.32 Å². The Morgan fingerprint density at radius 2 is 2.31 bits per heavy atom. The highest BCUT2D eigenvalue weighted by atomic mass is 32.2. The standard InChI is InChI=1S/C10H11NS2/c12-7-8-5-6-13-10-4-2-1-3-9(10)11-8/h1-4,7-8,11H,5-6H2. The lowest BCUT2D eigenvalue weighted by atomic mass is 10.2. The van der Waals surface area contributed by atoms with Crippen molar-refractivity contribution < 1.29 is 0 Å². The van der Waals surface area contributed by atoms with Crippen LogP contribution in [0.25, 0.3) is 0 Å². The van der Waals surface area contributed by atoms with Crippen LogP contribution in [0.5, 0.6) is 0 Å². The smallest absolute Gasteiger partial charge is 0.0555 e. The zero-order chi connectivity index (χ0) is 9.10. The molecule has 0 aromatic heterocycles. The van der Waals surface area contributed by atoms with E-state index >= 15 is 0 Å². The van der Waals surface area contributed by atoms with Crippen LogP contribution in [-0.2, 0) is 0 Å². The number of rotatable bonds is 1. The fraction of sp³-hybridized carbons (Fsp3) is 0.300. The van der Waals surface area contributed by atoms with Crippen LogP contribution in [0.15, 0.2) is 29.2 Å². The maximum atomic E-state index is 4.96. The van der Waals surface area contributed by atoms with Crippen LogP contribution >= 0.6 is 24.0 Å². The van der Waals surface area contributed by atoms with Gasteiger partial charge in [-0.1, -0.05) is 24.4 Å². The maximum absolute atomic E-state index is 4.96. The normalized spacial score (nSPS) is 21.1. The van der Waals surface area contributed by atoms with E-state index in [0.717, 1.165) is 12.2 Å². The van der Waals surface area contributed by atoms with Crippen molar-refractivity contribution in [2.75, 3.05) is 11.1 Å². The van der Waals surface area contributed by atoms with E-state index in [1.54, 1.807) is 0 Å². The first-order chi connectivity index (χ1) is 6.40. The fourth-order valence-electron chi connectivity index (χ4n) is 1.38. The summed E-state index contributed by atoms with van der Waals surface area (Å²) in [5, 5.41) is 5.25. The first-order valence-corrected chi connectivity index (χ1v) is 5.79. The molecule has 1 heterocycles. The summed E-state index contributed by atoms with van der Waals surface area (Å²) in [5.41, 5.74) is 1.22. The molecule has 68 valence electrons. The van der Waals surface area contributed by atoms with Gasteiger partial charge in [0.2, 0.25) is 0 Å². The lowest BCUT2D eigenvalue weighted by molar-refractivity contribution is 0.908. The third kappa shape index (κ3) is 2.03. The molecule has 0 amide bonds. The quantitative estimate of drug-likeness (QED) is 0.714. The van der Waals surface area contributed by atoms with Crippen molar-refractivity contribution in [1.29, 1.82) is 0 Å². The zero-order valence-electron chi connectivity index (χ0n) is 7.19. The summed E-state index contributed by atoms with van der Waals surface area (Å²) in [7, 11) is 0. The number of hydrogen-bond acceptors (Lipinski definition) is 3. The summed E-state index contributed by atoms with van der Waals surface area (Å²) in [6, 6.07) is 8.74. The summed E-state index contributed by atoms with van der Waals surface area (Å²) in [6.07, 6.45) is 1.11. The minimum Gasteiger partial charge on any atom is -0.377 e. The van der Waals surface area contributed by atoms with Gasteiger partial charge in [0, 0.05) is 21.7 Å². The molecule has 0 fully saturated rings. The Balaban J connectivity index is 2.28. The van der Waals surface area contributed by atoms with E-state index in [1.165, 1.54) is 10.6 Å².